The summed E-state index contributed by atoms with van der Waals surface area (Å²) in [5.41, 5.74) is 6.51. The van der Waals surface area contributed by atoms with E-state index in [4.69, 9.17) is 5.73 Å². The van der Waals surface area contributed by atoms with Gasteiger partial charge >= 0.3 is 0 Å². The van der Waals surface area contributed by atoms with Crippen LogP contribution in [0, 0.1) is 11.6 Å². The quantitative estimate of drug-likeness (QED) is 0.944. The summed E-state index contributed by atoms with van der Waals surface area (Å²) in [5.74, 6) is -2.13. The van der Waals surface area contributed by atoms with Crippen molar-refractivity contribution in [3.8, 4) is 0 Å². The summed E-state index contributed by atoms with van der Waals surface area (Å²) >= 11 is 1.32. The van der Waals surface area contributed by atoms with Gasteiger partial charge in [0.1, 0.15) is 10.7 Å². The Hall–Kier alpha value is -1.86. The lowest BCUT2D eigenvalue weighted by Crippen LogP contribution is -2.26. The lowest BCUT2D eigenvalue weighted by molar-refractivity contribution is 0.0779. The molecular formula is C14H15F2N3OS. The van der Waals surface area contributed by atoms with Crippen molar-refractivity contribution >= 4 is 17.2 Å². The van der Waals surface area contributed by atoms with Crippen molar-refractivity contribution in [1.82, 2.24) is 9.88 Å². The number of carbonyl (C=O) groups is 1. The maximum Gasteiger partial charge on any atom is 0.273 e. The number of nitrogens with two attached hydrogens (primary N) is 1. The number of nitrogens with zero attached hydrogens (tertiary/aromatic N) is 2. The molecule has 7 heteroatoms. The predicted octanol–water partition coefficient (Wildman–Crippen LogP) is 2.71. The maximum absolute atomic E-state index is 13.1. The van der Waals surface area contributed by atoms with E-state index in [0.717, 1.165) is 12.1 Å². The third kappa shape index (κ3) is 3.62. The number of carbonyl (C=O) groups excluding carboxylic acids is 1. The van der Waals surface area contributed by atoms with Gasteiger partial charge in [0.05, 0.1) is 6.04 Å². The van der Waals surface area contributed by atoms with Crippen LogP contribution in [-0.2, 0) is 6.54 Å². The largest absolute Gasteiger partial charge is 0.336 e. The monoisotopic (exact) mass is 311 g/mol. The molecule has 1 aromatic heterocycles. The number of thiazole rings is 1. The Morgan fingerprint density at radius 1 is 1.43 bits per heavy atom. The number of hydrogen-bond donors (Lipinski definition) is 1. The van der Waals surface area contributed by atoms with Gasteiger partial charge in [-0.2, -0.15) is 0 Å². The van der Waals surface area contributed by atoms with Gasteiger partial charge in [-0.3, -0.25) is 4.79 Å². The van der Waals surface area contributed by atoms with Crippen LogP contribution in [0.3, 0.4) is 0 Å². The lowest BCUT2D eigenvalue weighted by atomic mass is 10.2. The van der Waals surface area contributed by atoms with Crippen LogP contribution in [0.25, 0.3) is 0 Å². The molecular weight excluding hydrogens is 296 g/mol. The molecule has 1 amide bonds. The smallest absolute Gasteiger partial charge is 0.273 e. The molecule has 1 heterocycles. The van der Waals surface area contributed by atoms with Crippen molar-refractivity contribution in [3.05, 3.63) is 51.5 Å². The average molecular weight is 311 g/mol. The van der Waals surface area contributed by atoms with Crippen LogP contribution in [0.2, 0.25) is 0 Å². The highest BCUT2D eigenvalue weighted by molar-refractivity contribution is 7.09. The maximum atomic E-state index is 13.1. The molecule has 1 aromatic carbocycles. The second-order valence-corrected chi connectivity index (χ2v) is 5.66. The number of amides is 1. The van der Waals surface area contributed by atoms with Gasteiger partial charge in [0.2, 0.25) is 0 Å². The first-order chi connectivity index (χ1) is 9.88. The zero-order valence-electron chi connectivity index (χ0n) is 11.6. The van der Waals surface area contributed by atoms with Gasteiger partial charge in [0.25, 0.3) is 5.91 Å². The molecule has 0 saturated carbocycles. The van der Waals surface area contributed by atoms with Crippen LogP contribution in [0.4, 0.5) is 8.78 Å². The molecule has 21 heavy (non-hydrogen) atoms. The van der Waals surface area contributed by atoms with E-state index >= 15 is 0 Å². The third-order valence-electron chi connectivity index (χ3n) is 2.88. The average Bonchev–Trinajstić information content (AvgIpc) is 2.92. The Morgan fingerprint density at radius 3 is 2.71 bits per heavy atom. The van der Waals surface area contributed by atoms with Crippen LogP contribution in [0.15, 0.2) is 23.6 Å². The molecule has 0 aliphatic rings. The van der Waals surface area contributed by atoms with E-state index in [1.807, 2.05) is 0 Å². The molecule has 0 aliphatic carbocycles. The van der Waals surface area contributed by atoms with Crippen LogP contribution in [0.1, 0.15) is 34.0 Å². The molecule has 1 atom stereocenters. The topological polar surface area (TPSA) is 59.2 Å². The second kappa shape index (κ2) is 6.28. The van der Waals surface area contributed by atoms with Crippen molar-refractivity contribution < 1.29 is 13.6 Å². The number of hydrogen-bond acceptors (Lipinski definition) is 4. The fourth-order valence-electron chi connectivity index (χ4n) is 1.77. The van der Waals surface area contributed by atoms with Crippen LogP contribution in [-0.4, -0.2) is 22.8 Å². The summed E-state index contributed by atoms with van der Waals surface area (Å²) in [4.78, 5) is 17.8. The fourth-order valence-corrected chi connectivity index (χ4v) is 2.53. The fraction of sp³-hybridized carbons (Fsp3) is 0.286. The van der Waals surface area contributed by atoms with Gasteiger partial charge in [0, 0.05) is 19.0 Å². The van der Waals surface area contributed by atoms with E-state index in [-0.39, 0.29) is 18.5 Å². The van der Waals surface area contributed by atoms with E-state index in [0.29, 0.717) is 16.3 Å². The van der Waals surface area contributed by atoms with Crippen molar-refractivity contribution in [2.45, 2.75) is 19.5 Å². The zero-order valence-corrected chi connectivity index (χ0v) is 12.5. The normalized spacial score (nSPS) is 12.2. The first-order valence-corrected chi connectivity index (χ1v) is 7.17. The molecule has 2 aromatic rings. The Balaban J connectivity index is 2.09. The van der Waals surface area contributed by atoms with Crippen molar-refractivity contribution in [1.29, 1.82) is 0 Å². The SMILES string of the molecule is CC(N)c1nc(C(=O)N(C)Cc2ccc(F)c(F)c2)cs1. The Morgan fingerprint density at radius 2 is 2.14 bits per heavy atom. The summed E-state index contributed by atoms with van der Waals surface area (Å²) in [6, 6.07) is 3.33. The van der Waals surface area contributed by atoms with Gasteiger partial charge < -0.3 is 10.6 Å². The summed E-state index contributed by atoms with van der Waals surface area (Å²) in [6.07, 6.45) is 0. The molecule has 0 aliphatic heterocycles. The Bertz CT molecular complexity index is 657. The number of halogens is 2. The third-order valence-corrected chi connectivity index (χ3v) is 3.93. The lowest BCUT2D eigenvalue weighted by Gasteiger charge is -2.16. The van der Waals surface area contributed by atoms with Gasteiger partial charge in [0.15, 0.2) is 11.6 Å². The second-order valence-electron chi connectivity index (χ2n) is 4.77. The summed E-state index contributed by atoms with van der Waals surface area (Å²) in [5, 5.41) is 2.32. The van der Waals surface area contributed by atoms with Crippen molar-refractivity contribution in [3.63, 3.8) is 0 Å². The predicted molar refractivity (Wildman–Crippen MR) is 76.9 cm³/mol. The minimum Gasteiger partial charge on any atom is -0.336 e. The first-order valence-electron chi connectivity index (χ1n) is 6.29. The van der Waals surface area contributed by atoms with E-state index in [1.165, 1.54) is 22.3 Å². The molecule has 0 saturated heterocycles. The summed E-state index contributed by atoms with van der Waals surface area (Å²) in [6.45, 7) is 1.96. The van der Waals surface area contributed by atoms with E-state index in [2.05, 4.69) is 4.98 Å². The molecule has 4 nitrogen and oxygen atoms in total. The number of rotatable bonds is 4. The van der Waals surface area contributed by atoms with E-state index in [9.17, 15) is 13.6 Å². The highest BCUT2D eigenvalue weighted by Gasteiger charge is 2.17. The highest BCUT2D eigenvalue weighted by atomic mass is 32.1. The zero-order chi connectivity index (χ0) is 15.6. The standard InChI is InChI=1S/C14H15F2N3OS/c1-8(17)13-18-12(7-21-13)14(20)19(2)6-9-3-4-10(15)11(16)5-9/h3-5,7-8H,6,17H2,1-2H3. The Kier molecular flexibility index (Phi) is 4.64. The van der Waals surface area contributed by atoms with E-state index in [1.54, 1.807) is 19.4 Å². The molecule has 0 spiro atoms. The number of benzene rings is 1. The molecule has 2 rings (SSSR count). The van der Waals surface area contributed by atoms with Gasteiger partial charge in [-0.15, -0.1) is 11.3 Å². The van der Waals surface area contributed by atoms with Crippen LogP contribution >= 0.6 is 11.3 Å². The van der Waals surface area contributed by atoms with E-state index < -0.39 is 11.6 Å². The van der Waals surface area contributed by atoms with Gasteiger partial charge in [-0.25, -0.2) is 13.8 Å². The minimum absolute atomic E-state index is 0.168. The highest BCUT2D eigenvalue weighted by Crippen LogP contribution is 2.18. The molecule has 1 unspecified atom stereocenters. The summed E-state index contributed by atoms with van der Waals surface area (Å²) in [7, 11) is 1.58. The van der Waals surface area contributed by atoms with Gasteiger partial charge in [-0.1, -0.05) is 6.07 Å². The van der Waals surface area contributed by atoms with Crippen LogP contribution < -0.4 is 5.73 Å². The Labute approximate surface area is 125 Å². The molecule has 2 N–H and O–H groups in total. The van der Waals surface area contributed by atoms with Crippen molar-refractivity contribution in [2.24, 2.45) is 5.73 Å². The molecule has 0 fully saturated rings. The van der Waals surface area contributed by atoms with Crippen LogP contribution in [0.5, 0.6) is 0 Å². The first kappa shape index (κ1) is 15.5. The molecule has 112 valence electrons. The summed E-state index contributed by atoms with van der Waals surface area (Å²) < 4.78 is 26.0. The molecule has 0 radical (unpaired) electrons. The molecule has 0 bridgehead atoms. The number of aromatic nitrogens is 1. The van der Waals surface area contributed by atoms with Crippen molar-refractivity contribution in [2.75, 3.05) is 7.05 Å². The minimum atomic E-state index is -0.929. The van der Waals surface area contributed by atoms with Gasteiger partial charge in [-0.05, 0) is 24.6 Å².